The largest absolute Gasteiger partial charge is 0.371 e. The van der Waals surface area contributed by atoms with Crippen LogP contribution in [-0.2, 0) is 0 Å². The van der Waals surface area contributed by atoms with Crippen LogP contribution in [0.4, 0.5) is 5.69 Å². The van der Waals surface area contributed by atoms with Gasteiger partial charge in [-0.3, -0.25) is 0 Å². The second kappa shape index (κ2) is 5.77. The molecule has 0 amide bonds. The topological polar surface area (TPSA) is 29.3 Å². The first-order valence-corrected chi connectivity index (χ1v) is 8.33. The van der Waals surface area contributed by atoms with E-state index in [0.717, 1.165) is 6.42 Å². The molecule has 1 saturated heterocycles. The van der Waals surface area contributed by atoms with Crippen LogP contribution in [0.3, 0.4) is 0 Å². The van der Waals surface area contributed by atoms with E-state index in [1.54, 1.807) is 0 Å². The summed E-state index contributed by atoms with van der Waals surface area (Å²) in [6, 6.07) is 8.92. The van der Waals surface area contributed by atoms with Gasteiger partial charge in [-0.1, -0.05) is 38.0 Å². The second-order valence-electron chi connectivity index (χ2n) is 6.77. The molecule has 1 heterocycles. The van der Waals surface area contributed by atoms with Crippen molar-refractivity contribution in [3.05, 3.63) is 29.8 Å². The van der Waals surface area contributed by atoms with Crippen molar-refractivity contribution < 1.29 is 0 Å². The van der Waals surface area contributed by atoms with E-state index in [9.17, 15) is 0 Å². The lowest BCUT2D eigenvalue weighted by Gasteiger charge is -2.41. The highest BCUT2D eigenvalue weighted by Gasteiger charge is 2.37. The summed E-state index contributed by atoms with van der Waals surface area (Å²) in [5, 5.41) is 0. The molecule has 1 aliphatic carbocycles. The summed E-state index contributed by atoms with van der Waals surface area (Å²) in [6.07, 6.45) is 9.61. The van der Waals surface area contributed by atoms with Crippen molar-refractivity contribution in [2.45, 2.75) is 57.9 Å². The Balaban J connectivity index is 1.74. The van der Waals surface area contributed by atoms with Gasteiger partial charge >= 0.3 is 0 Å². The number of piperidine rings is 1. The normalized spacial score (nSPS) is 23.2. The predicted molar refractivity (Wildman–Crippen MR) is 86.0 cm³/mol. The maximum absolute atomic E-state index is 6.29. The Bertz CT molecular complexity index is 438. The van der Waals surface area contributed by atoms with E-state index < -0.39 is 0 Å². The summed E-state index contributed by atoms with van der Waals surface area (Å²) >= 11 is 0. The molecule has 3 rings (SSSR count). The van der Waals surface area contributed by atoms with Gasteiger partial charge in [0.1, 0.15) is 0 Å². The lowest BCUT2D eigenvalue weighted by molar-refractivity contribution is 0.226. The molecule has 2 aliphatic rings. The molecule has 1 atom stereocenters. The number of nitrogens with two attached hydrogens (primary N) is 1. The number of hydrogen-bond acceptors (Lipinski definition) is 2. The number of hydrogen-bond donors (Lipinski definition) is 1. The highest BCUT2D eigenvalue weighted by atomic mass is 15.1. The van der Waals surface area contributed by atoms with E-state index in [2.05, 4.69) is 36.1 Å². The van der Waals surface area contributed by atoms with Gasteiger partial charge in [-0.05, 0) is 49.1 Å². The summed E-state index contributed by atoms with van der Waals surface area (Å²) in [6.45, 7) is 4.60. The van der Waals surface area contributed by atoms with Gasteiger partial charge in [0.15, 0.2) is 0 Å². The zero-order chi connectivity index (χ0) is 14.0. The third kappa shape index (κ3) is 2.58. The number of rotatable bonds is 3. The Kier molecular flexibility index (Phi) is 4.02. The molecule has 2 N–H and O–H groups in total. The fourth-order valence-corrected chi connectivity index (χ4v) is 4.16. The molecular formula is C18H28N2. The molecule has 110 valence electrons. The van der Waals surface area contributed by atoms with Crippen LogP contribution in [-0.4, -0.2) is 13.1 Å². The lowest BCUT2D eigenvalue weighted by Crippen LogP contribution is -2.39. The molecule has 0 bridgehead atoms. The minimum absolute atomic E-state index is 0.175. The Morgan fingerprint density at radius 2 is 1.75 bits per heavy atom. The zero-order valence-electron chi connectivity index (χ0n) is 12.8. The summed E-state index contributed by atoms with van der Waals surface area (Å²) < 4.78 is 0. The van der Waals surface area contributed by atoms with Crippen LogP contribution in [0.15, 0.2) is 24.3 Å². The summed E-state index contributed by atoms with van der Waals surface area (Å²) in [5.74, 6) is 0. The van der Waals surface area contributed by atoms with Gasteiger partial charge in [0.25, 0.3) is 0 Å². The number of benzene rings is 1. The third-order valence-electron chi connectivity index (χ3n) is 5.61. The Hall–Kier alpha value is -1.02. The first kappa shape index (κ1) is 13.9. The van der Waals surface area contributed by atoms with Gasteiger partial charge in [-0.15, -0.1) is 0 Å². The van der Waals surface area contributed by atoms with Crippen LogP contribution in [0.25, 0.3) is 0 Å². The molecule has 1 aromatic rings. The third-order valence-corrected chi connectivity index (χ3v) is 5.61. The van der Waals surface area contributed by atoms with Gasteiger partial charge in [-0.2, -0.15) is 0 Å². The van der Waals surface area contributed by atoms with Crippen molar-refractivity contribution in [3.63, 3.8) is 0 Å². The molecule has 1 aromatic carbocycles. The van der Waals surface area contributed by atoms with Gasteiger partial charge in [-0.25, -0.2) is 0 Å². The molecule has 0 aromatic heterocycles. The predicted octanol–water partition coefficient (Wildman–Crippen LogP) is 4.26. The van der Waals surface area contributed by atoms with Crippen molar-refractivity contribution >= 4 is 5.69 Å². The molecule has 0 radical (unpaired) electrons. The Labute approximate surface area is 123 Å². The molecule has 1 spiro atoms. The molecule has 2 heteroatoms. The van der Waals surface area contributed by atoms with Crippen molar-refractivity contribution in [2.24, 2.45) is 11.1 Å². The SMILES string of the molecule is CC[C@@H](N)c1ccccc1N1CCC2(CCCC2)CC1. The maximum Gasteiger partial charge on any atom is 0.0414 e. The zero-order valence-corrected chi connectivity index (χ0v) is 12.8. The van der Waals surface area contributed by atoms with Crippen molar-refractivity contribution in [1.82, 2.24) is 0 Å². The fourth-order valence-electron chi connectivity index (χ4n) is 4.16. The van der Waals surface area contributed by atoms with Crippen LogP contribution in [0.2, 0.25) is 0 Å². The average Bonchev–Trinajstić information content (AvgIpc) is 2.95. The number of anilines is 1. The van der Waals surface area contributed by atoms with Crippen molar-refractivity contribution in [3.8, 4) is 0 Å². The van der Waals surface area contributed by atoms with Crippen molar-refractivity contribution in [2.75, 3.05) is 18.0 Å². The van der Waals surface area contributed by atoms with Crippen LogP contribution >= 0.6 is 0 Å². The van der Waals surface area contributed by atoms with Crippen molar-refractivity contribution in [1.29, 1.82) is 0 Å². The van der Waals surface area contributed by atoms with Gasteiger partial charge in [0, 0.05) is 24.8 Å². The van der Waals surface area contributed by atoms with E-state index in [0.29, 0.717) is 5.41 Å². The van der Waals surface area contributed by atoms with Crippen LogP contribution < -0.4 is 10.6 Å². The fraction of sp³-hybridized carbons (Fsp3) is 0.667. The van der Waals surface area contributed by atoms with Gasteiger partial charge < -0.3 is 10.6 Å². The summed E-state index contributed by atoms with van der Waals surface area (Å²) in [5.41, 5.74) is 9.70. The van der Waals surface area contributed by atoms with Crippen LogP contribution in [0.5, 0.6) is 0 Å². The molecule has 2 nitrogen and oxygen atoms in total. The first-order chi connectivity index (χ1) is 9.74. The minimum Gasteiger partial charge on any atom is -0.371 e. The van der Waals surface area contributed by atoms with Gasteiger partial charge in [0.2, 0.25) is 0 Å². The molecular weight excluding hydrogens is 244 g/mol. The minimum atomic E-state index is 0.175. The van der Waals surface area contributed by atoms with E-state index in [-0.39, 0.29) is 6.04 Å². The molecule has 2 fully saturated rings. The quantitative estimate of drug-likeness (QED) is 0.891. The molecule has 0 unspecified atom stereocenters. The molecule has 1 saturated carbocycles. The molecule has 1 aliphatic heterocycles. The van der Waals surface area contributed by atoms with E-state index in [1.807, 2.05) is 0 Å². The number of para-hydroxylation sites is 1. The standard InChI is InChI=1S/C18H28N2/c1-2-16(19)15-7-3-4-8-17(15)20-13-11-18(12-14-20)9-5-6-10-18/h3-4,7-8,16H,2,5-6,9-14,19H2,1H3/t16-/m1/s1. The van der Waals surface area contributed by atoms with E-state index in [4.69, 9.17) is 5.73 Å². The molecule has 20 heavy (non-hydrogen) atoms. The maximum atomic E-state index is 6.29. The first-order valence-electron chi connectivity index (χ1n) is 8.33. The second-order valence-corrected chi connectivity index (χ2v) is 6.77. The Morgan fingerprint density at radius 3 is 2.40 bits per heavy atom. The number of nitrogens with zero attached hydrogens (tertiary/aromatic N) is 1. The highest BCUT2D eigenvalue weighted by Crippen LogP contribution is 2.47. The van der Waals surface area contributed by atoms with Gasteiger partial charge in [0.05, 0.1) is 0 Å². The van der Waals surface area contributed by atoms with E-state index in [1.165, 1.54) is 62.9 Å². The smallest absolute Gasteiger partial charge is 0.0414 e. The Morgan fingerprint density at radius 1 is 1.10 bits per heavy atom. The van der Waals surface area contributed by atoms with Crippen LogP contribution in [0, 0.1) is 5.41 Å². The summed E-state index contributed by atoms with van der Waals surface area (Å²) in [4.78, 5) is 2.58. The van der Waals surface area contributed by atoms with Crippen LogP contribution in [0.1, 0.15) is 63.5 Å². The lowest BCUT2D eigenvalue weighted by atomic mass is 9.77. The summed E-state index contributed by atoms with van der Waals surface area (Å²) in [7, 11) is 0. The van der Waals surface area contributed by atoms with E-state index >= 15 is 0 Å². The average molecular weight is 272 g/mol. The highest BCUT2D eigenvalue weighted by molar-refractivity contribution is 5.55. The monoisotopic (exact) mass is 272 g/mol.